The van der Waals surface area contributed by atoms with Gasteiger partial charge in [-0.1, -0.05) is 32.6 Å². The first-order chi connectivity index (χ1) is 9.31. The van der Waals surface area contributed by atoms with Crippen LogP contribution in [0.25, 0.3) is 0 Å². The summed E-state index contributed by atoms with van der Waals surface area (Å²) in [6.07, 6.45) is 11.4. The molecule has 3 nitrogen and oxygen atoms in total. The number of hydrogen-bond donors (Lipinski definition) is 1. The molecule has 2 fully saturated rings. The van der Waals surface area contributed by atoms with E-state index in [9.17, 15) is 4.79 Å². The molecule has 0 aromatic carbocycles. The second-order valence-electron chi connectivity index (χ2n) is 6.30. The zero-order chi connectivity index (χ0) is 13.5. The maximum absolute atomic E-state index is 12.4. The summed E-state index contributed by atoms with van der Waals surface area (Å²) >= 11 is 0. The second kappa shape index (κ2) is 7.88. The summed E-state index contributed by atoms with van der Waals surface area (Å²) in [7, 11) is 0. The van der Waals surface area contributed by atoms with Gasteiger partial charge in [0.2, 0.25) is 5.91 Å². The zero-order valence-electron chi connectivity index (χ0n) is 12.5. The first-order valence-electron chi connectivity index (χ1n) is 8.33. The molecule has 0 radical (unpaired) electrons. The monoisotopic (exact) mass is 266 g/mol. The summed E-state index contributed by atoms with van der Waals surface area (Å²) < 4.78 is 0. The van der Waals surface area contributed by atoms with E-state index in [2.05, 4.69) is 17.1 Å². The van der Waals surface area contributed by atoms with Crippen molar-refractivity contribution in [3.05, 3.63) is 0 Å². The highest BCUT2D eigenvalue weighted by atomic mass is 16.2. The van der Waals surface area contributed by atoms with Gasteiger partial charge >= 0.3 is 0 Å². The number of nitrogens with zero attached hydrogens (tertiary/aromatic N) is 1. The Morgan fingerprint density at radius 2 is 1.84 bits per heavy atom. The van der Waals surface area contributed by atoms with Crippen LogP contribution in [0.15, 0.2) is 0 Å². The van der Waals surface area contributed by atoms with Gasteiger partial charge in [0, 0.05) is 6.54 Å². The van der Waals surface area contributed by atoms with Crippen molar-refractivity contribution < 1.29 is 4.79 Å². The topological polar surface area (TPSA) is 32.3 Å². The maximum atomic E-state index is 12.4. The van der Waals surface area contributed by atoms with Crippen LogP contribution in [0.4, 0.5) is 0 Å². The smallest absolute Gasteiger partial charge is 0.237 e. The largest absolute Gasteiger partial charge is 0.354 e. The van der Waals surface area contributed by atoms with E-state index in [0.717, 1.165) is 38.4 Å². The van der Waals surface area contributed by atoms with Crippen molar-refractivity contribution in [2.45, 2.75) is 70.8 Å². The maximum Gasteiger partial charge on any atom is 0.237 e. The highest BCUT2D eigenvalue weighted by Crippen LogP contribution is 2.23. The fraction of sp³-hybridized carbons (Fsp3) is 0.938. The third-order valence-corrected chi connectivity index (χ3v) is 4.72. The van der Waals surface area contributed by atoms with Gasteiger partial charge in [-0.25, -0.2) is 0 Å². The SMILES string of the molecule is CCCN1CCCCC1C(=O)NCC1CCCCC1. The molecule has 1 atom stereocenters. The standard InChI is InChI=1S/C16H30N2O/c1-2-11-18-12-7-6-10-15(18)16(19)17-13-14-8-4-3-5-9-14/h14-15H,2-13H2,1H3,(H,17,19). The Bertz CT molecular complexity index is 272. The zero-order valence-corrected chi connectivity index (χ0v) is 12.5. The predicted molar refractivity (Wildman–Crippen MR) is 79.1 cm³/mol. The average Bonchev–Trinajstić information content (AvgIpc) is 2.47. The number of nitrogens with one attached hydrogen (secondary N) is 1. The second-order valence-corrected chi connectivity index (χ2v) is 6.30. The van der Waals surface area contributed by atoms with E-state index in [1.807, 2.05) is 0 Å². The summed E-state index contributed by atoms with van der Waals surface area (Å²) in [4.78, 5) is 14.8. The number of rotatable bonds is 5. The van der Waals surface area contributed by atoms with Crippen molar-refractivity contribution in [1.29, 1.82) is 0 Å². The van der Waals surface area contributed by atoms with Crippen LogP contribution in [0, 0.1) is 5.92 Å². The molecule has 1 saturated carbocycles. The van der Waals surface area contributed by atoms with Gasteiger partial charge in [-0.05, 0) is 51.1 Å². The van der Waals surface area contributed by atoms with Gasteiger partial charge in [-0.15, -0.1) is 0 Å². The van der Waals surface area contributed by atoms with Gasteiger partial charge in [0.05, 0.1) is 6.04 Å². The minimum atomic E-state index is 0.150. The Labute approximate surface area is 118 Å². The lowest BCUT2D eigenvalue weighted by molar-refractivity contribution is -0.127. The number of amides is 1. The lowest BCUT2D eigenvalue weighted by atomic mass is 9.89. The fourth-order valence-electron chi connectivity index (χ4n) is 3.60. The lowest BCUT2D eigenvalue weighted by Crippen LogP contribution is -2.50. The summed E-state index contributed by atoms with van der Waals surface area (Å²) in [6.45, 7) is 5.29. The van der Waals surface area contributed by atoms with Crippen LogP contribution in [-0.4, -0.2) is 36.5 Å². The number of carbonyl (C=O) groups excluding carboxylic acids is 1. The van der Waals surface area contributed by atoms with Crippen LogP contribution in [0.3, 0.4) is 0 Å². The molecule has 1 aliphatic carbocycles. The van der Waals surface area contributed by atoms with Gasteiger partial charge in [-0.3, -0.25) is 9.69 Å². The van der Waals surface area contributed by atoms with E-state index in [1.54, 1.807) is 0 Å². The lowest BCUT2D eigenvalue weighted by Gasteiger charge is -2.34. The van der Waals surface area contributed by atoms with Crippen LogP contribution in [-0.2, 0) is 4.79 Å². The summed E-state index contributed by atoms with van der Waals surface area (Å²) in [5.74, 6) is 1.03. The highest BCUT2D eigenvalue weighted by Gasteiger charge is 2.28. The van der Waals surface area contributed by atoms with Crippen LogP contribution >= 0.6 is 0 Å². The highest BCUT2D eigenvalue weighted by molar-refractivity contribution is 5.81. The molecule has 0 aromatic heterocycles. The van der Waals surface area contributed by atoms with Gasteiger partial charge in [0.25, 0.3) is 0 Å². The van der Waals surface area contributed by atoms with Crippen LogP contribution in [0.1, 0.15) is 64.7 Å². The fourth-order valence-corrected chi connectivity index (χ4v) is 3.60. The third kappa shape index (κ3) is 4.48. The molecule has 0 bridgehead atoms. The predicted octanol–water partition coefficient (Wildman–Crippen LogP) is 2.95. The minimum absolute atomic E-state index is 0.150. The summed E-state index contributed by atoms with van der Waals surface area (Å²) in [6, 6.07) is 0.150. The Hall–Kier alpha value is -0.570. The molecule has 1 aliphatic heterocycles. The molecule has 1 saturated heterocycles. The molecular formula is C16H30N2O. The Morgan fingerprint density at radius 3 is 2.58 bits per heavy atom. The number of hydrogen-bond acceptors (Lipinski definition) is 2. The third-order valence-electron chi connectivity index (χ3n) is 4.72. The molecule has 1 N–H and O–H groups in total. The molecule has 0 aromatic rings. The van der Waals surface area contributed by atoms with Crippen molar-refractivity contribution in [3.63, 3.8) is 0 Å². The van der Waals surface area contributed by atoms with Gasteiger partial charge < -0.3 is 5.32 Å². The van der Waals surface area contributed by atoms with E-state index < -0.39 is 0 Å². The molecule has 19 heavy (non-hydrogen) atoms. The van der Waals surface area contributed by atoms with E-state index in [-0.39, 0.29) is 6.04 Å². The van der Waals surface area contributed by atoms with Gasteiger partial charge in [-0.2, -0.15) is 0 Å². The molecule has 0 spiro atoms. The molecule has 1 amide bonds. The first kappa shape index (κ1) is 14.8. The van der Waals surface area contributed by atoms with E-state index in [0.29, 0.717) is 5.91 Å². The van der Waals surface area contributed by atoms with Crippen molar-refractivity contribution in [2.75, 3.05) is 19.6 Å². The molecule has 2 aliphatic rings. The Morgan fingerprint density at radius 1 is 1.11 bits per heavy atom. The van der Waals surface area contributed by atoms with Crippen molar-refractivity contribution in [1.82, 2.24) is 10.2 Å². The molecule has 110 valence electrons. The molecule has 3 heteroatoms. The summed E-state index contributed by atoms with van der Waals surface area (Å²) in [5.41, 5.74) is 0. The summed E-state index contributed by atoms with van der Waals surface area (Å²) in [5, 5.41) is 3.23. The molecule has 1 unspecified atom stereocenters. The molecule has 1 heterocycles. The Kier molecular flexibility index (Phi) is 6.15. The normalized spacial score (nSPS) is 26.3. The van der Waals surface area contributed by atoms with Crippen LogP contribution in [0.5, 0.6) is 0 Å². The van der Waals surface area contributed by atoms with E-state index in [1.165, 1.54) is 44.9 Å². The van der Waals surface area contributed by atoms with Crippen LogP contribution < -0.4 is 5.32 Å². The quantitative estimate of drug-likeness (QED) is 0.830. The van der Waals surface area contributed by atoms with E-state index in [4.69, 9.17) is 0 Å². The Balaban J connectivity index is 1.76. The van der Waals surface area contributed by atoms with Gasteiger partial charge in [0.15, 0.2) is 0 Å². The van der Waals surface area contributed by atoms with Crippen LogP contribution in [0.2, 0.25) is 0 Å². The number of likely N-dealkylation sites (tertiary alicyclic amines) is 1. The van der Waals surface area contributed by atoms with E-state index >= 15 is 0 Å². The van der Waals surface area contributed by atoms with Gasteiger partial charge in [0.1, 0.15) is 0 Å². The van der Waals surface area contributed by atoms with Crippen molar-refractivity contribution in [2.24, 2.45) is 5.92 Å². The molecule has 2 rings (SSSR count). The first-order valence-corrected chi connectivity index (χ1v) is 8.33. The van der Waals surface area contributed by atoms with Crippen molar-refractivity contribution in [3.8, 4) is 0 Å². The average molecular weight is 266 g/mol. The molecular weight excluding hydrogens is 236 g/mol. The minimum Gasteiger partial charge on any atom is -0.354 e. The number of carbonyl (C=O) groups is 1. The van der Waals surface area contributed by atoms with Crippen molar-refractivity contribution >= 4 is 5.91 Å². The number of piperidine rings is 1.